The number of hydrogen-bond donors (Lipinski definition) is 2. The molecule has 2 aliphatic carbocycles. The summed E-state index contributed by atoms with van der Waals surface area (Å²) in [6, 6.07) is 30.0. The second kappa shape index (κ2) is 23.1. The van der Waals surface area contributed by atoms with E-state index >= 15 is 4.79 Å². The van der Waals surface area contributed by atoms with Crippen LogP contribution in [0.5, 0.6) is 17.2 Å². The molecule has 0 spiro atoms. The smallest absolute Gasteiger partial charge is 0.416 e. The van der Waals surface area contributed by atoms with Crippen LogP contribution < -0.4 is 14.2 Å². The molecule has 2 aliphatic heterocycles. The number of benzene rings is 5. The SMILES string of the molecule is C=CCOC12Oc3ccc(OCCN4CC4)cc3C3C(CCCCO)C(CCCCO)C=C(C(=NOCc4ccc([N+](=O)[O-])cc4)CC1N(Cc1cccc4ccccc14)C(=O)Oc1ccc([N+](=O)[O-])cc1)C32. The normalized spacial score (nSPS) is 22.3. The molecule has 5 aromatic carbocycles. The number of fused-ring (bicyclic) bond motifs is 3. The van der Waals surface area contributed by atoms with Crippen LogP contribution in [0.4, 0.5) is 16.2 Å². The summed E-state index contributed by atoms with van der Waals surface area (Å²) in [6.45, 7) is 7.54. The molecule has 1 saturated carbocycles. The van der Waals surface area contributed by atoms with E-state index in [1.54, 1.807) is 23.1 Å². The number of oxime groups is 1. The molecule has 6 unspecified atom stereocenters. The molecule has 6 atom stereocenters. The second-order valence-corrected chi connectivity index (χ2v) is 19.0. The first kappa shape index (κ1) is 50.7. The molecule has 73 heavy (non-hydrogen) atoms. The fourth-order valence-electron chi connectivity index (χ4n) is 10.9. The van der Waals surface area contributed by atoms with Gasteiger partial charge in [0.05, 0.1) is 34.6 Å². The number of carbonyl (C=O) groups excluding carboxylic acids is 1. The van der Waals surface area contributed by atoms with Gasteiger partial charge in [-0.05, 0) is 107 Å². The van der Waals surface area contributed by atoms with Gasteiger partial charge < -0.3 is 34.0 Å². The summed E-state index contributed by atoms with van der Waals surface area (Å²) in [7, 11) is 0. The first-order chi connectivity index (χ1) is 35.6. The highest BCUT2D eigenvalue weighted by atomic mass is 16.7. The van der Waals surface area contributed by atoms with Gasteiger partial charge in [0.2, 0.25) is 5.79 Å². The summed E-state index contributed by atoms with van der Waals surface area (Å²) in [4.78, 5) is 47.7. The number of nitro groups is 2. The van der Waals surface area contributed by atoms with Crippen molar-refractivity contribution < 1.29 is 48.6 Å². The van der Waals surface area contributed by atoms with Gasteiger partial charge in [-0.2, -0.15) is 0 Å². The Hall–Kier alpha value is -7.18. The average molecular weight is 996 g/mol. The quantitative estimate of drug-likeness (QED) is 0.0194. The van der Waals surface area contributed by atoms with Gasteiger partial charge in [-0.3, -0.25) is 30.0 Å². The van der Waals surface area contributed by atoms with Crippen LogP contribution in [-0.4, -0.2) is 99.6 Å². The van der Waals surface area contributed by atoms with E-state index in [9.17, 15) is 30.4 Å². The number of carbonyl (C=O) groups is 1. The van der Waals surface area contributed by atoms with E-state index in [-0.39, 0.29) is 74.3 Å². The zero-order valence-corrected chi connectivity index (χ0v) is 40.7. The van der Waals surface area contributed by atoms with Crippen molar-refractivity contribution in [3.63, 3.8) is 0 Å². The lowest BCUT2D eigenvalue weighted by Crippen LogP contribution is -2.70. The minimum absolute atomic E-state index is 0.00806. The highest BCUT2D eigenvalue weighted by molar-refractivity contribution is 6.03. The third-order valence-corrected chi connectivity index (χ3v) is 14.5. The number of non-ortho nitro benzene ring substituents is 2. The standard InChI is InChI=1S/C56H61N5O12/c1-2-31-70-56-52(59(36-41-13-9-12-39-10-3-4-14-46(39)41)55(64)72-44-22-20-43(21-23-44)61(67)68)35-50(57-71-37-38-16-18-42(19-17-38)60(65)66)48-33-40(11-5-7-29-62)47(15-6-8-30-63)53(54(48)56)49-34-45(24-25-51(49)73-56)69-32-28-58-26-27-58/h2-4,9-10,12-14,16-25,33-34,40,47,52-54,62-63H,1,5-8,11,15,26-32,35-37H2. The summed E-state index contributed by atoms with van der Waals surface area (Å²) < 4.78 is 27.3. The molecule has 17 heteroatoms. The fourth-order valence-corrected chi connectivity index (χ4v) is 10.9. The number of aliphatic hydroxyl groups is 2. The van der Waals surface area contributed by atoms with Crippen molar-refractivity contribution in [3.8, 4) is 17.2 Å². The fraction of sp³-hybridized carbons (Fsp3) is 0.393. The molecular weight excluding hydrogens is 935 g/mol. The Morgan fingerprint density at radius 3 is 2.29 bits per heavy atom. The molecule has 0 bridgehead atoms. The van der Waals surface area contributed by atoms with Crippen molar-refractivity contribution in [2.45, 2.75) is 75.8 Å². The van der Waals surface area contributed by atoms with Crippen LogP contribution in [0.15, 0.2) is 139 Å². The van der Waals surface area contributed by atoms with Gasteiger partial charge in [0, 0.05) is 75.0 Å². The zero-order valence-electron chi connectivity index (χ0n) is 40.7. The Balaban J connectivity index is 1.24. The second-order valence-electron chi connectivity index (χ2n) is 19.0. The molecule has 5 aromatic rings. The third-order valence-electron chi connectivity index (χ3n) is 14.5. The number of rotatable bonds is 24. The Kier molecular flexibility index (Phi) is 16.1. The van der Waals surface area contributed by atoms with Gasteiger partial charge in [-0.25, -0.2) is 4.79 Å². The van der Waals surface area contributed by atoms with Crippen LogP contribution >= 0.6 is 0 Å². The predicted octanol–water partition coefficient (Wildman–Crippen LogP) is 9.89. The first-order valence-electron chi connectivity index (χ1n) is 25.1. The van der Waals surface area contributed by atoms with Gasteiger partial charge in [-0.1, -0.05) is 72.6 Å². The maximum atomic E-state index is 15.4. The lowest BCUT2D eigenvalue weighted by atomic mass is 9.55. The molecule has 0 aromatic heterocycles. The largest absolute Gasteiger partial charge is 0.492 e. The van der Waals surface area contributed by atoms with Crippen LogP contribution in [0.25, 0.3) is 10.8 Å². The van der Waals surface area contributed by atoms with Crippen molar-refractivity contribution >= 4 is 34.0 Å². The number of allylic oxidation sites excluding steroid dienone is 1. The topological polar surface area (TPSA) is 209 Å². The number of nitrogens with zero attached hydrogens (tertiary/aromatic N) is 5. The van der Waals surface area contributed by atoms with Gasteiger partial charge in [0.15, 0.2) is 0 Å². The molecule has 0 radical (unpaired) electrons. The maximum absolute atomic E-state index is 15.4. The number of hydrogen-bond acceptors (Lipinski definition) is 14. The molecule has 4 aliphatic rings. The van der Waals surface area contributed by atoms with Crippen molar-refractivity contribution in [1.82, 2.24) is 9.80 Å². The van der Waals surface area contributed by atoms with Crippen LogP contribution in [0.2, 0.25) is 0 Å². The number of ether oxygens (including phenoxy) is 4. The van der Waals surface area contributed by atoms with E-state index in [0.29, 0.717) is 42.2 Å². The number of amides is 1. The van der Waals surface area contributed by atoms with E-state index in [4.69, 9.17) is 28.9 Å². The first-order valence-corrected chi connectivity index (χ1v) is 25.1. The Morgan fingerprint density at radius 1 is 0.877 bits per heavy atom. The lowest BCUT2D eigenvalue weighted by molar-refractivity contribution is -0.385. The Bertz CT molecular complexity index is 2830. The highest BCUT2D eigenvalue weighted by Gasteiger charge is 2.66. The molecule has 382 valence electrons. The van der Waals surface area contributed by atoms with Crippen molar-refractivity contribution in [2.24, 2.45) is 22.9 Å². The Labute approximate surface area is 423 Å². The van der Waals surface area contributed by atoms with Gasteiger partial charge >= 0.3 is 6.09 Å². The lowest BCUT2D eigenvalue weighted by Gasteiger charge is -2.59. The van der Waals surface area contributed by atoms with E-state index in [0.717, 1.165) is 72.8 Å². The van der Waals surface area contributed by atoms with Crippen LogP contribution in [-0.2, 0) is 22.7 Å². The van der Waals surface area contributed by atoms with Crippen LogP contribution in [0, 0.1) is 38.0 Å². The number of nitro benzene ring substituents is 2. The minimum Gasteiger partial charge on any atom is -0.492 e. The van der Waals surface area contributed by atoms with Gasteiger partial charge in [0.1, 0.15) is 36.5 Å². The summed E-state index contributed by atoms with van der Waals surface area (Å²) >= 11 is 0. The van der Waals surface area contributed by atoms with Crippen LogP contribution in [0.3, 0.4) is 0 Å². The molecule has 1 amide bonds. The number of unbranched alkanes of at least 4 members (excludes halogenated alkanes) is 2. The van der Waals surface area contributed by atoms with E-state index < -0.39 is 33.7 Å². The molecule has 2 heterocycles. The third kappa shape index (κ3) is 11.4. The van der Waals surface area contributed by atoms with E-state index in [2.05, 4.69) is 23.6 Å². The van der Waals surface area contributed by atoms with Gasteiger partial charge in [0.25, 0.3) is 11.4 Å². The average Bonchev–Trinajstić information content (AvgIpc) is 4.23. The predicted molar refractivity (Wildman–Crippen MR) is 273 cm³/mol. The molecule has 2 fully saturated rings. The number of aliphatic hydroxyl groups excluding tert-OH is 2. The summed E-state index contributed by atoms with van der Waals surface area (Å²) in [5.41, 5.74) is 3.48. The van der Waals surface area contributed by atoms with Crippen molar-refractivity contribution in [1.29, 1.82) is 0 Å². The molecular formula is C56H61N5O12. The van der Waals surface area contributed by atoms with E-state index in [1.807, 2.05) is 54.6 Å². The molecule has 9 rings (SSSR count). The minimum atomic E-state index is -1.64. The van der Waals surface area contributed by atoms with Gasteiger partial charge in [-0.15, -0.1) is 6.58 Å². The van der Waals surface area contributed by atoms with Crippen LogP contribution in [0.1, 0.15) is 67.6 Å². The van der Waals surface area contributed by atoms with Crippen molar-refractivity contribution in [3.05, 3.63) is 170 Å². The molecule has 2 N–H and O–H groups in total. The van der Waals surface area contributed by atoms with E-state index in [1.165, 1.54) is 36.4 Å². The maximum Gasteiger partial charge on any atom is 0.416 e. The summed E-state index contributed by atoms with van der Waals surface area (Å²) in [5, 5.41) is 50.1. The zero-order chi connectivity index (χ0) is 50.9. The Morgan fingerprint density at radius 2 is 1.58 bits per heavy atom. The van der Waals surface area contributed by atoms with Crippen molar-refractivity contribution in [2.75, 3.05) is 46.1 Å². The molecule has 17 nitrogen and oxygen atoms in total. The highest BCUT2D eigenvalue weighted by Crippen LogP contribution is 2.62. The summed E-state index contributed by atoms with van der Waals surface area (Å²) in [6.07, 6.45) is 7.31. The monoisotopic (exact) mass is 995 g/mol. The molecule has 1 saturated heterocycles. The summed E-state index contributed by atoms with van der Waals surface area (Å²) in [5.74, 6) is -1.39.